The summed E-state index contributed by atoms with van der Waals surface area (Å²) in [6.07, 6.45) is 8.71. The average molecular weight is 253 g/mol. The van der Waals surface area contributed by atoms with Gasteiger partial charge in [0, 0.05) is 26.2 Å². The van der Waals surface area contributed by atoms with E-state index in [0.29, 0.717) is 0 Å². The SMILES string of the molecule is CC(NN1CCCCC1)C(=O)N1CCCCCC1. The Kier molecular flexibility index (Phi) is 5.45. The quantitative estimate of drug-likeness (QED) is 0.832. The first-order valence-corrected chi connectivity index (χ1v) is 7.57. The van der Waals surface area contributed by atoms with Crippen molar-refractivity contribution in [3.05, 3.63) is 0 Å². The standard InChI is InChI=1S/C14H27N3O/c1-13(15-17-11-7-4-8-12-17)14(18)16-9-5-2-3-6-10-16/h13,15H,2-12H2,1H3. The molecule has 4 nitrogen and oxygen atoms in total. The van der Waals surface area contributed by atoms with Crippen LogP contribution < -0.4 is 5.43 Å². The Morgan fingerprint density at radius 1 is 0.889 bits per heavy atom. The molecule has 0 aromatic heterocycles. The molecule has 0 saturated carbocycles. The Morgan fingerprint density at radius 2 is 1.39 bits per heavy atom. The highest BCUT2D eigenvalue weighted by Gasteiger charge is 2.23. The molecule has 2 fully saturated rings. The summed E-state index contributed by atoms with van der Waals surface area (Å²) in [5, 5.41) is 2.23. The normalized spacial score (nSPS) is 24.6. The third kappa shape index (κ3) is 3.95. The summed E-state index contributed by atoms with van der Waals surface area (Å²) in [4.78, 5) is 14.4. The predicted molar refractivity (Wildman–Crippen MR) is 73.1 cm³/mol. The molecule has 2 saturated heterocycles. The molecule has 0 aromatic rings. The van der Waals surface area contributed by atoms with Gasteiger partial charge in [0.25, 0.3) is 0 Å². The van der Waals surface area contributed by atoms with Gasteiger partial charge in [-0.2, -0.15) is 0 Å². The second-order valence-corrected chi connectivity index (χ2v) is 5.64. The molecule has 1 unspecified atom stereocenters. The number of rotatable bonds is 3. The summed E-state index contributed by atoms with van der Waals surface area (Å²) < 4.78 is 0. The van der Waals surface area contributed by atoms with Crippen molar-refractivity contribution in [3.63, 3.8) is 0 Å². The molecule has 104 valence electrons. The number of hydrazine groups is 1. The predicted octanol–water partition coefficient (Wildman–Crippen LogP) is 1.77. The molecule has 0 bridgehead atoms. The van der Waals surface area contributed by atoms with E-state index in [4.69, 9.17) is 0 Å². The summed E-state index contributed by atoms with van der Waals surface area (Å²) in [7, 11) is 0. The molecule has 1 amide bonds. The third-order valence-electron chi connectivity index (χ3n) is 4.02. The maximum absolute atomic E-state index is 12.4. The van der Waals surface area contributed by atoms with Gasteiger partial charge in [-0.05, 0) is 32.6 Å². The van der Waals surface area contributed by atoms with Gasteiger partial charge in [-0.25, -0.2) is 10.4 Å². The zero-order valence-electron chi connectivity index (χ0n) is 11.7. The monoisotopic (exact) mass is 253 g/mol. The maximum Gasteiger partial charge on any atom is 0.240 e. The van der Waals surface area contributed by atoms with Gasteiger partial charge in [-0.1, -0.05) is 19.3 Å². The second kappa shape index (κ2) is 7.10. The molecular weight excluding hydrogens is 226 g/mol. The minimum atomic E-state index is -0.0683. The number of carbonyl (C=O) groups excluding carboxylic acids is 1. The van der Waals surface area contributed by atoms with Gasteiger partial charge in [0.1, 0.15) is 0 Å². The Balaban J connectivity index is 1.79. The molecule has 2 aliphatic rings. The van der Waals surface area contributed by atoms with Crippen molar-refractivity contribution in [1.29, 1.82) is 0 Å². The van der Waals surface area contributed by atoms with Crippen LogP contribution in [0.15, 0.2) is 0 Å². The molecule has 4 heteroatoms. The Labute approximate surface area is 111 Å². The fourth-order valence-corrected chi connectivity index (χ4v) is 2.92. The molecule has 1 N–H and O–H groups in total. The van der Waals surface area contributed by atoms with E-state index in [9.17, 15) is 4.79 Å². The van der Waals surface area contributed by atoms with E-state index in [2.05, 4.69) is 15.3 Å². The lowest BCUT2D eigenvalue weighted by Crippen LogP contribution is -2.53. The van der Waals surface area contributed by atoms with Crippen LogP contribution in [-0.2, 0) is 4.79 Å². The number of hydrogen-bond donors (Lipinski definition) is 1. The van der Waals surface area contributed by atoms with Crippen molar-refractivity contribution in [2.75, 3.05) is 26.2 Å². The first kappa shape index (κ1) is 13.8. The van der Waals surface area contributed by atoms with Crippen molar-refractivity contribution >= 4 is 5.91 Å². The van der Waals surface area contributed by atoms with Crippen molar-refractivity contribution in [2.45, 2.75) is 57.9 Å². The Bertz CT molecular complexity index is 256. The van der Waals surface area contributed by atoms with E-state index >= 15 is 0 Å². The molecule has 0 aromatic carbocycles. The zero-order valence-corrected chi connectivity index (χ0v) is 11.7. The van der Waals surface area contributed by atoms with Gasteiger partial charge in [0.05, 0.1) is 6.04 Å². The van der Waals surface area contributed by atoms with E-state index in [-0.39, 0.29) is 11.9 Å². The lowest BCUT2D eigenvalue weighted by Gasteiger charge is -2.32. The number of piperidine rings is 1. The van der Waals surface area contributed by atoms with Crippen LogP contribution in [-0.4, -0.2) is 48.0 Å². The van der Waals surface area contributed by atoms with Crippen LogP contribution in [0.5, 0.6) is 0 Å². The summed E-state index contributed by atoms with van der Waals surface area (Å²) in [5.74, 6) is 0.280. The van der Waals surface area contributed by atoms with Crippen molar-refractivity contribution in [3.8, 4) is 0 Å². The molecule has 2 rings (SSSR count). The van der Waals surface area contributed by atoms with E-state index < -0.39 is 0 Å². The van der Waals surface area contributed by atoms with Crippen LogP contribution in [0.1, 0.15) is 51.9 Å². The number of amides is 1. The number of carbonyl (C=O) groups is 1. The topological polar surface area (TPSA) is 35.6 Å². The van der Waals surface area contributed by atoms with E-state index in [0.717, 1.165) is 26.2 Å². The first-order chi connectivity index (χ1) is 8.77. The first-order valence-electron chi connectivity index (χ1n) is 7.57. The lowest BCUT2D eigenvalue weighted by atomic mass is 10.2. The van der Waals surface area contributed by atoms with Gasteiger partial charge >= 0.3 is 0 Å². The van der Waals surface area contributed by atoms with Gasteiger partial charge in [-0.15, -0.1) is 0 Å². The van der Waals surface area contributed by atoms with Gasteiger partial charge < -0.3 is 4.90 Å². The van der Waals surface area contributed by atoms with E-state index in [1.807, 2.05) is 6.92 Å². The number of likely N-dealkylation sites (tertiary alicyclic amines) is 1. The summed E-state index contributed by atoms with van der Waals surface area (Å²) in [6.45, 7) is 6.06. The summed E-state index contributed by atoms with van der Waals surface area (Å²) in [6, 6.07) is -0.0683. The molecule has 2 aliphatic heterocycles. The van der Waals surface area contributed by atoms with Crippen molar-refractivity contribution in [1.82, 2.24) is 15.3 Å². The highest BCUT2D eigenvalue weighted by Crippen LogP contribution is 2.12. The van der Waals surface area contributed by atoms with Gasteiger partial charge in [0.2, 0.25) is 5.91 Å². The maximum atomic E-state index is 12.4. The summed E-state index contributed by atoms with van der Waals surface area (Å²) in [5.41, 5.74) is 3.38. The van der Waals surface area contributed by atoms with E-state index in [1.54, 1.807) is 0 Å². The lowest BCUT2D eigenvalue weighted by molar-refractivity contribution is -0.134. The highest BCUT2D eigenvalue weighted by atomic mass is 16.2. The largest absolute Gasteiger partial charge is 0.341 e. The Hall–Kier alpha value is -0.610. The average Bonchev–Trinajstić information content (AvgIpc) is 2.68. The molecule has 0 radical (unpaired) electrons. The summed E-state index contributed by atoms with van der Waals surface area (Å²) >= 11 is 0. The van der Waals surface area contributed by atoms with E-state index in [1.165, 1.54) is 44.9 Å². The van der Waals surface area contributed by atoms with Crippen LogP contribution in [0.4, 0.5) is 0 Å². The fraction of sp³-hybridized carbons (Fsp3) is 0.929. The zero-order chi connectivity index (χ0) is 12.8. The molecule has 1 atom stereocenters. The Morgan fingerprint density at radius 3 is 2.00 bits per heavy atom. The van der Waals surface area contributed by atoms with Crippen molar-refractivity contribution in [2.24, 2.45) is 0 Å². The minimum absolute atomic E-state index is 0.0683. The van der Waals surface area contributed by atoms with Gasteiger partial charge in [0.15, 0.2) is 0 Å². The fourth-order valence-electron chi connectivity index (χ4n) is 2.92. The molecule has 0 spiro atoms. The van der Waals surface area contributed by atoms with Crippen LogP contribution in [0.2, 0.25) is 0 Å². The highest BCUT2D eigenvalue weighted by molar-refractivity contribution is 5.81. The third-order valence-corrected chi connectivity index (χ3v) is 4.02. The minimum Gasteiger partial charge on any atom is -0.341 e. The second-order valence-electron chi connectivity index (χ2n) is 5.64. The van der Waals surface area contributed by atoms with Gasteiger partial charge in [-0.3, -0.25) is 4.79 Å². The smallest absolute Gasteiger partial charge is 0.240 e. The number of nitrogens with zero attached hydrogens (tertiary/aromatic N) is 2. The molecule has 2 heterocycles. The van der Waals surface area contributed by atoms with Crippen molar-refractivity contribution < 1.29 is 4.79 Å². The van der Waals surface area contributed by atoms with Crippen LogP contribution in [0.3, 0.4) is 0 Å². The van der Waals surface area contributed by atoms with Crippen LogP contribution in [0.25, 0.3) is 0 Å². The van der Waals surface area contributed by atoms with Crippen LogP contribution in [0, 0.1) is 0 Å². The molecule has 0 aliphatic carbocycles. The number of hydrogen-bond acceptors (Lipinski definition) is 3. The van der Waals surface area contributed by atoms with Crippen LogP contribution >= 0.6 is 0 Å². The number of nitrogens with one attached hydrogen (secondary N) is 1. The molecule has 18 heavy (non-hydrogen) atoms. The molecular formula is C14H27N3O.